The second kappa shape index (κ2) is 6.81. The molecule has 0 rings (SSSR count). The number of rotatable bonds is 5. The van der Waals surface area contributed by atoms with Gasteiger partial charge < -0.3 is 10.4 Å². The zero-order valence-corrected chi connectivity index (χ0v) is 10.0. The molecule has 2 atom stereocenters. The molecule has 0 bridgehead atoms. The molecule has 0 aliphatic rings. The van der Waals surface area contributed by atoms with Crippen molar-refractivity contribution < 1.29 is 18.9 Å². The summed E-state index contributed by atoms with van der Waals surface area (Å²) in [5, 5.41) is 10.8. The van der Waals surface area contributed by atoms with Gasteiger partial charge >= 0.3 is 5.97 Å². The van der Waals surface area contributed by atoms with Gasteiger partial charge in [-0.15, -0.1) is 0 Å². The van der Waals surface area contributed by atoms with Crippen molar-refractivity contribution in [3.63, 3.8) is 0 Å². The molecule has 0 heterocycles. The third-order valence-corrected chi connectivity index (χ3v) is 3.57. The average Bonchev–Trinajstić information content (AvgIpc) is 2.14. The van der Waals surface area contributed by atoms with Crippen LogP contribution in [0.2, 0.25) is 0 Å². The SMILES string of the molecule is CC(=O)N[C@@H](CS(=O)/C(Cl)=C\Cl)C(=O)O. The van der Waals surface area contributed by atoms with E-state index < -0.39 is 28.7 Å². The van der Waals surface area contributed by atoms with Crippen LogP contribution in [0.25, 0.3) is 0 Å². The van der Waals surface area contributed by atoms with Gasteiger partial charge in [0, 0.05) is 12.5 Å². The summed E-state index contributed by atoms with van der Waals surface area (Å²) in [6.45, 7) is 1.16. The predicted octanol–water partition coefficient (Wildman–Crippen LogP) is 0.601. The summed E-state index contributed by atoms with van der Waals surface area (Å²) < 4.78 is 11.1. The highest BCUT2D eigenvalue weighted by atomic mass is 35.5. The number of carbonyl (C=O) groups excluding carboxylic acids is 1. The molecular weight excluding hydrogens is 265 g/mol. The lowest BCUT2D eigenvalue weighted by Crippen LogP contribution is -2.43. The maximum absolute atomic E-state index is 11.3. The number of aliphatic carboxylic acids is 1. The van der Waals surface area contributed by atoms with Gasteiger partial charge in [0.25, 0.3) is 0 Å². The predicted molar refractivity (Wildman–Crippen MR) is 58.0 cm³/mol. The van der Waals surface area contributed by atoms with Crippen molar-refractivity contribution in [1.29, 1.82) is 0 Å². The van der Waals surface area contributed by atoms with Crippen molar-refractivity contribution in [2.45, 2.75) is 13.0 Å². The van der Waals surface area contributed by atoms with E-state index in [0.29, 0.717) is 0 Å². The van der Waals surface area contributed by atoms with E-state index in [0.717, 1.165) is 12.5 Å². The fraction of sp³-hybridized carbons (Fsp3) is 0.429. The summed E-state index contributed by atoms with van der Waals surface area (Å²) in [4.78, 5) is 21.3. The van der Waals surface area contributed by atoms with Crippen molar-refractivity contribution in [2.24, 2.45) is 0 Å². The van der Waals surface area contributed by atoms with E-state index in [1.165, 1.54) is 0 Å². The van der Waals surface area contributed by atoms with Gasteiger partial charge in [-0.3, -0.25) is 9.00 Å². The number of carboxylic acid groups (broad SMARTS) is 1. The fourth-order valence-electron chi connectivity index (χ4n) is 0.701. The lowest BCUT2D eigenvalue weighted by Gasteiger charge is -2.11. The third kappa shape index (κ3) is 5.76. The number of carbonyl (C=O) groups is 2. The van der Waals surface area contributed by atoms with Crippen LogP contribution in [0.5, 0.6) is 0 Å². The zero-order valence-electron chi connectivity index (χ0n) is 7.70. The van der Waals surface area contributed by atoms with E-state index >= 15 is 0 Å². The Morgan fingerprint density at radius 2 is 2.13 bits per heavy atom. The molecule has 2 N–H and O–H groups in total. The zero-order chi connectivity index (χ0) is 12.0. The molecule has 0 saturated carbocycles. The van der Waals surface area contributed by atoms with E-state index in [1.807, 2.05) is 0 Å². The fourth-order valence-corrected chi connectivity index (χ4v) is 1.98. The summed E-state index contributed by atoms with van der Waals surface area (Å²) in [5.74, 6) is -2.13. The Hall–Kier alpha value is -0.590. The maximum atomic E-state index is 11.3. The first-order valence-corrected chi connectivity index (χ1v) is 5.86. The normalized spacial score (nSPS) is 15.5. The van der Waals surface area contributed by atoms with Crippen molar-refractivity contribution in [3.8, 4) is 0 Å². The molecule has 0 radical (unpaired) electrons. The Balaban J connectivity index is 4.49. The van der Waals surface area contributed by atoms with E-state index in [-0.39, 0.29) is 10.1 Å². The van der Waals surface area contributed by atoms with Crippen LogP contribution in [-0.4, -0.2) is 33.0 Å². The van der Waals surface area contributed by atoms with Gasteiger partial charge in [0.2, 0.25) is 5.91 Å². The topological polar surface area (TPSA) is 83.5 Å². The molecule has 0 fully saturated rings. The molecule has 0 aromatic heterocycles. The summed E-state index contributed by atoms with van der Waals surface area (Å²) in [6.07, 6.45) is 0. The van der Waals surface area contributed by atoms with Crippen molar-refractivity contribution >= 4 is 45.9 Å². The number of halogens is 2. The van der Waals surface area contributed by atoms with Gasteiger partial charge in [0.1, 0.15) is 10.4 Å². The highest BCUT2D eigenvalue weighted by Crippen LogP contribution is 2.10. The first kappa shape index (κ1) is 14.4. The van der Waals surface area contributed by atoms with E-state index in [4.69, 9.17) is 28.3 Å². The molecule has 0 spiro atoms. The second-order valence-corrected chi connectivity index (χ2v) is 4.83. The van der Waals surface area contributed by atoms with Crippen LogP contribution in [0.1, 0.15) is 6.92 Å². The van der Waals surface area contributed by atoms with Crippen LogP contribution in [0, 0.1) is 0 Å². The quantitative estimate of drug-likeness (QED) is 0.769. The van der Waals surface area contributed by atoms with Crippen molar-refractivity contribution in [3.05, 3.63) is 9.90 Å². The standard InChI is InChI=1S/C7H9Cl2NO4S/c1-4(11)10-5(7(12)13)3-15(14)6(9)2-8/h2,5H,3H2,1H3,(H,10,11)(H,12,13)/b6-2-/t5-,15?/m0/s1. The van der Waals surface area contributed by atoms with Gasteiger partial charge in [0.05, 0.1) is 16.6 Å². The molecule has 0 aliphatic heterocycles. The van der Waals surface area contributed by atoms with E-state index in [1.54, 1.807) is 0 Å². The van der Waals surface area contributed by atoms with E-state index in [2.05, 4.69) is 5.32 Å². The van der Waals surface area contributed by atoms with Gasteiger partial charge in [-0.1, -0.05) is 23.2 Å². The van der Waals surface area contributed by atoms with Crippen molar-refractivity contribution in [1.82, 2.24) is 5.32 Å². The summed E-state index contributed by atoms with van der Waals surface area (Å²) in [5.41, 5.74) is 0.893. The largest absolute Gasteiger partial charge is 0.480 e. The molecule has 1 unspecified atom stereocenters. The molecule has 8 heteroatoms. The highest BCUT2D eigenvalue weighted by molar-refractivity contribution is 7.90. The lowest BCUT2D eigenvalue weighted by molar-refractivity contribution is -0.140. The monoisotopic (exact) mass is 273 g/mol. The minimum Gasteiger partial charge on any atom is -0.480 e. The van der Waals surface area contributed by atoms with E-state index in [9.17, 15) is 13.8 Å². The second-order valence-electron chi connectivity index (χ2n) is 2.52. The number of nitrogens with one attached hydrogen (secondary N) is 1. The smallest absolute Gasteiger partial charge is 0.327 e. The molecule has 0 aromatic carbocycles. The lowest BCUT2D eigenvalue weighted by atomic mass is 10.3. The highest BCUT2D eigenvalue weighted by Gasteiger charge is 2.22. The van der Waals surface area contributed by atoms with Gasteiger partial charge in [-0.2, -0.15) is 0 Å². The minimum atomic E-state index is -1.73. The van der Waals surface area contributed by atoms with Gasteiger partial charge in [0.15, 0.2) is 0 Å². The Morgan fingerprint density at radius 1 is 1.60 bits per heavy atom. The molecule has 0 aromatic rings. The van der Waals surface area contributed by atoms with Crippen LogP contribution in [0.4, 0.5) is 0 Å². The number of hydrogen-bond acceptors (Lipinski definition) is 3. The Labute approximate surface area is 98.9 Å². The Morgan fingerprint density at radius 3 is 2.47 bits per heavy atom. The van der Waals surface area contributed by atoms with Gasteiger partial charge in [-0.25, -0.2) is 4.79 Å². The molecular formula is C7H9Cl2NO4S. The van der Waals surface area contributed by atoms with Crippen LogP contribution in [-0.2, 0) is 20.4 Å². The Kier molecular flexibility index (Phi) is 6.55. The van der Waals surface area contributed by atoms with Crippen LogP contribution < -0.4 is 5.32 Å². The number of carboxylic acids is 1. The molecule has 1 amide bonds. The number of hydrogen-bond donors (Lipinski definition) is 2. The maximum Gasteiger partial charge on any atom is 0.327 e. The summed E-state index contributed by atoms with van der Waals surface area (Å²) >= 11 is 10.6. The molecule has 5 nitrogen and oxygen atoms in total. The van der Waals surface area contributed by atoms with Crippen molar-refractivity contribution in [2.75, 3.05) is 5.75 Å². The van der Waals surface area contributed by atoms with Crippen LogP contribution in [0.15, 0.2) is 9.90 Å². The summed E-state index contributed by atoms with van der Waals surface area (Å²) in [7, 11) is -1.73. The molecule has 0 aliphatic carbocycles. The third-order valence-electron chi connectivity index (χ3n) is 1.30. The molecule has 86 valence electrons. The summed E-state index contributed by atoms with van der Waals surface area (Å²) in [6, 6.07) is -1.24. The first-order chi connectivity index (χ1) is 6.88. The van der Waals surface area contributed by atoms with Gasteiger partial charge in [-0.05, 0) is 0 Å². The first-order valence-electron chi connectivity index (χ1n) is 3.72. The number of amides is 1. The van der Waals surface area contributed by atoms with Crippen LogP contribution >= 0.6 is 23.2 Å². The van der Waals surface area contributed by atoms with Crippen LogP contribution in [0.3, 0.4) is 0 Å². The minimum absolute atomic E-state index is 0.159. The Bertz CT molecular complexity index is 318. The average molecular weight is 274 g/mol. The molecule has 15 heavy (non-hydrogen) atoms. The molecule has 0 saturated heterocycles.